The maximum Gasteiger partial charge on any atom is 0.150 e. The van der Waals surface area contributed by atoms with Crippen LogP contribution in [-0.2, 0) is 0 Å². The first-order valence-corrected chi connectivity index (χ1v) is 7.44. The fourth-order valence-corrected chi connectivity index (χ4v) is 2.59. The standard InChI is InChI=1S/C18H15N5/c1-2-8-14(9-3-1)18(20-17-12-6-7-13-19-17)23-16-11-5-4-10-15(16)21-22-23/h1-13,18H,(H,19,20). The second kappa shape index (κ2) is 5.88. The van der Waals surface area contributed by atoms with Crippen molar-refractivity contribution in [1.29, 1.82) is 0 Å². The molecule has 0 amide bonds. The van der Waals surface area contributed by atoms with Crippen LogP contribution < -0.4 is 5.32 Å². The molecule has 2 heterocycles. The minimum atomic E-state index is -0.182. The number of nitrogens with zero attached hydrogens (tertiary/aromatic N) is 4. The first-order valence-electron chi connectivity index (χ1n) is 7.44. The molecule has 0 bridgehead atoms. The lowest BCUT2D eigenvalue weighted by Crippen LogP contribution is -2.21. The lowest BCUT2D eigenvalue weighted by molar-refractivity contribution is 0.569. The Morgan fingerprint density at radius 3 is 2.43 bits per heavy atom. The van der Waals surface area contributed by atoms with Crippen LogP contribution in [0.25, 0.3) is 11.0 Å². The van der Waals surface area contributed by atoms with Crippen molar-refractivity contribution in [2.24, 2.45) is 0 Å². The average molecular weight is 301 g/mol. The van der Waals surface area contributed by atoms with E-state index >= 15 is 0 Å². The summed E-state index contributed by atoms with van der Waals surface area (Å²) in [6.45, 7) is 0. The number of fused-ring (bicyclic) bond motifs is 1. The predicted octanol–water partition coefficient (Wildman–Crippen LogP) is 3.49. The molecule has 4 rings (SSSR count). The molecular weight excluding hydrogens is 286 g/mol. The van der Waals surface area contributed by atoms with Gasteiger partial charge >= 0.3 is 0 Å². The zero-order chi connectivity index (χ0) is 15.5. The Kier molecular flexibility index (Phi) is 3.44. The van der Waals surface area contributed by atoms with Gasteiger partial charge in [0.2, 0.25) is 0 Å². The maximum absolute atomic E-state index is 4.36. The average Bonchev–Trinajstić information content (AvgIpc) is 3.05. The Labute approximate surface area is 133 Å². The van der Waals surface area contributed by atoms with Crippen molar-refractivity contribution in [3.63, 3.8) is 0 Å². The molecule has 0 saturated heterocycles. The second-order valence-electron chi connectivity index (χ2n) is 5.20. The minimum Gasteiger partial charge on any atom is -0.345 e. The highest BCUT2D eigenvalue weighted by molar-refractivity contribution is 5.74. The van der Waals surface area contributed by atoms with Crippen LogP contribution in [0.3, 0.4) is 0 Å². The maximum atomic E-state index is 4.36. The van der Waals surface area contributed by atoms with Gasteiger partial charge in [-0.3, -0.25) is 0 Å². The largest absolute Gasteiger partial charge is 0.345 e. The molecule has 1 atom stereocenters. The van der Waals surface area contributed by atoms with E-state index in [0.29, 0.717) is 0 Å². The number of benzene rings is 2. The van der Waals surface area contributed by atoms with Crippen molar-refractivity contribution < 1.29 is 0 Å². The van der Waals surface area contributed by atoms with Gasteiger partial charge in [-0.05, 0) is 29.8 Å². The Bertz CT molecular complexity index is 902. The highest BCUT2D eigenvalue weighted by atomic mass is 15.5. The number of para-hydroxylation sites is 1. The fourth-order valence-electron chi connectivity index (χ4n) is 2.59. The van der Waals surface area contributed by atoms with E-state index in [1.54, 1.807) is 6.20 Å². The SMILES string of the molecule is c1ccc(C(Nc2ccccn2)n2nnc3ccccc32)cc1. The normalized spacial score (nSPS) is 12.2. The second-order valence-corrected chi connectivity index (χ2v) is 5.20. The molecule has 0 spiro atoms. The number of nitrogens with one attached hydrogen (secondary N) is 1. The van der Waals surface area contributed by atoms with Gasteiger partial charge in [0, 0.05) is 6.20 Å². The third-order valence-corrected chi connectivity index (χ3v) is 3.69. The Hall–Kier alpha value is -3.21. The van der Waals surface area contributed by atoms with Crippen LogP contribution in [0.5, 0.6) is 0 Å². The van der Waals surface area contributed by atoms with E-state index in [9.17, 15) is 0 Å². The van der Waals surface area contributed by atoms with Crippen molar-refractivity contribution in [2.75, 3.05) is 5.32 Å². The molecule has 1 N–H and O–H groups in total. The number of hydrogen-bond donors (Lipinski definition) is 1. The summed E-state index contributed by atoms with van der Waals surface area (Å²) < 4.78 is 1.89. The summed E-state index contributed by atoms with van der Waals surface area (Å²) in [7, 11) is 0. The van der Waals surface area contributed by atoms with E-state index in [4.69, 9.17) is 0 Å². The predicted molar refractivity (Wildman–Crippen MR) is 90.0 cm³/mol. The van der Waals surface area contributed by atoms with E-state index in [-0.39, 0.29) is 6.17 Å². The first-order chi connectivity index (χ1) is 11.4. The first kappa shape index (κ1) is 13.5. The topological polar surface area (TPSA) is 55.6 Å². The molecular formula is C18H15N5. The molecule has 2 aromatic heterocycles. The summed E-state index contributed by atoms with van der Waals surface area (Å²) in [4.78, 5) is 4.36. The minimum absolute atomic E-state index is 0.182. The van der Waals surface area contributed by atoms with Crippen molar-refractivity contribution in [1.82, 2.24) is 20.0 Å². The van der Waals surface area contributed by atoms with E-state index < -0.39 is 0 Å². The Balaban J connectivity index is 1.82. The van der Waals surface area contributed by atoms with Gasteiger partial charge in [0.05, 0.1) is 5.52 Å². The van der Waals surface area contributed by atoms with Gasteiger partial charge in [0.25, 0.3) is 0 Å². The van der Waals surface area contributed by atoms with Crippen LogP contribution in [0.2, 0.25) is 0 Å². The van der Waals surface area contributed by atoms with Gasteiger partial charge in [-0.15, -0.1) is 5.10 Å². The molecule has 112 valence electrons. The zero-order valence-electron chi connectivity index (χ0n) is 12.4. The van der Waals surface area contributed by atoms with Gasteiger partial charge in [-0.25, -0.2) is 9.67 Å². The molecule has 0 aliphatic heterocycles. The highest BCUT2D eigenvalue weighted by Crippen LogP contribution is 2.23. The van der Waals surface area contributed by atoms with Crippen molar-refractivity contribution >= 4 is 16.9 Å². The summed E-state index contributed by atoms with van der Waals surface area (Å²) in [6, 6.07) is 23.9. The van der Waals surface area contributed by atoms with Gasteiger partial charge < -0.3 is 5.32 Å². The molecule has 1 unspecified atom stereocenters. The van der Waals surface area contributed by atoms with Crippen LogP contribution in [-0.4, -0.2) is 20.0 Å². The van der Waals surface area contributed by atoms with Crippen LogP contribution in [0.1, 0.15) is 11.7 Å². The van der Waals surface area contributed by atoms with E-state index in [1.807, 2.05) is 65.3 Å². The van der Waals surface area contributed by atoms with Gasteiger partial charge in [0.15, 0.2) is 0 Å². The van der Waals surface area contributed by atoms with Crippen molar-refractivity contribution in [2.45, 2.75) is 6.17 Å². The molecule has 0 fully saturated rings. The number of hydrogen-bond acceptors (Lipinski definition) is 4. The van der Waals surface area contributed by atoms with Crippen LogP contribution in [0.15, 0.2) is 79.0 Å². The van der Waals surface area contributed by atoms with Crippen LogP contribution >= 0.6 is 0 Å². The summed E-state index contributed by atoms with van der Waals surface area (Å²) >= 11 is 0. The van der Waals surface area contributed by atoms with Gasteiger partial charge in [-0.1, -0.05) is 53.7 Å². The molecule has 0 aliphatic carbocycles. The molecule has 0 aliphatic rings. The zero-order valence-corrected chi connectivity index (χ0v) is 12.4. The third kappa shape index (κ3) is 2.64. The smallest absolute Gasteiger partial charge is 0.150 e. The van der Waals surface area contributed by atoms with Gasteiger partial charge in [-0.2, -0.15) is 0 Å². The number of rotatable bonds is 4. The monoisotopic (exact) mass is 301 g/mol. The third-order valence-electron chi connectivity index (χ3n) is 3.69. The molecule has 4 aromatic rings. The number of anilines is 1. The molecule has 2 aromatic carbocycles. The molecule has 0 radical (unpaired) electrons. The van der Waals surface area contributed by atoms with Crippen molar-refractivity contribution in [3.8, 4) is 0 Å². The van der Waals surface area contributed by atoms with E-state index in [1.165, 1.54) is 0 Å². The van der Waals surface area contributed by atoms with E-state index in [0.717, 1.165) is 22.4 Å². The van der Waals surface area contributed by atoms with Crippen molar-refractivity contribution in [3.05, 3.63) is 84.6 Å². The van der Waals surface area contributed by atoms with Gasteiger partial charge in [0.1, 0.15) is 17.5 Å². The summed E-state index contributed by atoms with van der Waals surface area (Å²) in [5.41, 5.74) is 2.94. The summed E-state index contributed by atoms with van der Waals surface area (Å²) in [5, 5.41) is 12.0. The molecule has 23 heavy (non-hydrogen) atoms. The Morgan fingerprint density at radius 2 is 1.61 bits per heavy atom. The summed E-state index contributed by atoms with van der Waals surface area (Å²) in [5.74, 6) is 0.793. The van der Waals surface area contributed by atoms with Crippen LogP contribution in [0, 0.1) is 0 Å². The Morgan fingerprint density at radius 1 is 0.826 bits per heavy atom. The quantitative estimate of drug-likeness (QED) is 0.627. The lowest BCUT2D eigenvalue weighted by atomic mass is 10.1. The highest BCUT2D eigenvalue weighted by Gasteiger charge is 2.17. The van der Waals surface area contributed by atoms with E-state index in [2.05, 4.69) is 32.7 Å². The number of pyridine rings is 1. The summed E-state index contributed by atoms with van der Waals surface area (Å²) in [6.07, 6.45) is 1.59. The molecule has 0 saturated carbocycles. The lowest BCUT2D eigenvalue weighted by Gasteiger charge is -2.20. The number of aromatic nitrogens is 4. The molecule has 5 heteroatoms. The van der Waals surface area contributed by atoms with Crippen LogP contribution in [0.4, 0.5) is 5.82 Å². The fraction of sp³-hybridized carbons (Fsp3) is 0.0556. The molecule has 5 nitrogen and oxygen atoms in total.